The molecule has 0 atom stereocenters. The summed E-state index contributed by atoms with van der Waals surface area (Å²) in [7, 11) is 0. The average Bonchev–Trinajstić information content (AvgIpc) is 2.61. The number of para-hydroxylation sites is 1. The van der Waals surface area contributed by atoms with E-state index in [0.29, 0.717) is 23.5 Å². The summed E-state index contributed by atoms with van der Waals surface area (Å²) in [6, 6.07) is 9.92. The van der Waals surface area contributed by atoms with Gasteiger partial charge >= 0.3 is 0 Å². The molecule has 0 aliphatic rings. The van der Waals surface area contributed by atoms with Gasteiger partial charge in [-0.2, -0.15) is 0 Å². The molecule has 3 N–H and O–H groups in total. The maximum atomic E-state index is 12.2. The Labute approximate surface area is 144 Å². The van der Waals surface area contributed by atoms with Gasteiger partial charge in [0.1, 0.15) is 5.75 Å². The summed E-state index contributed by atoms with van der Waals surface area (Å²) >= 11 is 5.00. The minimum atomic E-state index is -0.435. The van der Waals surface area contributed by atoms with Gasteiger partial charge in [0, 0.05) is 18.0 Å². The molecular formula is C16H16N4O3S. The largest absolute Gasteiger partial charge is 0.493 e. The van der Waals surface area contributed by atoms with Crippen molar-refractivity contribution in [3.8, 4) is 5.75 Å². The van der Waals surface area contributed by atoms with Gasteiger partial charge in [0.2, 0.25) is 0 Å². The molecule has 0 radical (unpaired) electrons. The Morgan fingerprint density at radius 1 is 1.08 bits per heavy atom. The van der Waals surface area contributed by atoms with Crippen molar-refractivity contribution in [1.82, 2.24) is 21.2 Å². The Morgan fingerprint density at radius 3 is 2.50 bits per heavy atom. The van der Waals surface area contributed by atoms with Crippen molar-refractivity contribution in [1.29, 1.82) is 0 Å². The minimum absolute atomic E-state index is 0.0336. The predicted molar refractivity (Wildman–Crippen MR) is 92.5 cm³/mol. The van der Waals surface area contributed by atoms with Crippen LogP contribution in [0.5, 0.6) is 5.75 Å². The number of pyridine rings is 1. The molecule has 0 fully saturated rings. The molecule has 7 nitrogen and oxygen atoms in total. The van der Waals surface area contributed by atoms with Gasteiger partial charge in [-0.05, 0) is 43.4 Å². The zero-order valence-corrected chi connectivity index (χ0v) is 13.7. The molecule has 1 aromatic carbocycles. The standard InChI is InChI=1S/C16H16N4O3S/c1-2-23-13-6-4-3-5-12(13)15(22)18-16(24)20-19-14(21)11-7-9-17-10-8-11/h3-10H,2H2,1H3,(H,19,21)(H2,18,20,22,24). The molecule has 0 aliphatic carbocycles. The SMILES string of the molecule is CCOc1ccccc1C(=O)NC(=S)NNC(=O)c1ccncc1. The van der Waals surface area contributed by atoms with Crippen molar-refractivity contribution in [3.63, 3.8) is 0 Å². The molecule has 0 saturated carbocycles. The van der Waals surface area contributed by atoms with Crippen LogP contribution in [0.1, 0.15) is 27.6 Å². The lowest BCUT2D eigenvalue weighted by molar-refractivity contribution is 0.0933. The fourth-order valence-electron chi connectivity index (χ4n) is 1.83. The third kappa shape index (κ3) is 4.75. The van der Waals surface area contributed by atoms with Crippen LogP contribution in [-0.2, 0) is 0 Å². The summed E-state index contributed by atoms with van der Waals surface area (Å²) in [5.41, 5.74) is 5.62. The van der Waals surface area contributed by atoms with E-state index in [1.807, 2.05) is 6.92 Å². The van der Waals surface area contributed by atoms with Gasteiger partial charge in [0.25, 0.3) is 11.8 Å². The molecule has 0 bridgehead atoms. The molecule has 1 aromatic heterocycles. The smallest absolute Gasteiger partial charge is 0.269 e. The van der Waals surface area contributed by atoms with Crippen LogP contribution in [-0.4, -0.2) is 28.5 Å². The van der Waals surface area contributed by atoms with Crippen molar-refractivity contribution in [2.24, 2.45) is 0 Å². The number of hydrogen-bond acceptors (Lipinski definition) is 5. The number of amides is 2. The maximum absolute atomic E-state index is 12.2. The van der Waals surface area contributed by atoms with Gasteiger partial charge in [0.15, 0.2) is 5.11 Å². The Bertz CT molecular complexity index is 737. The fraction of sp³-hybridized carbons (Fsp3) is 0.125. The van der Waals surface area contributed by atoms with Crippen molar-refractivity contribution in [2.75, 3.05) is 6.61 Å². The lowest BCUT2D eigenvalue weighted by Crippen LogP contribution is -2.48. The molecule has 1 heterocycles. The van der Waals surface area contributed by atoms with Crippen molar-refractivity contribution < 1.29 is 14.3 Å². The van der Waals surface area contributed by atoms with E-state index < -0.39 is 11.8 Å². The number of rotatable bonds is 4. The first-order valence-electron chi connectivity index (χ1n) is 7.15. The number of carbonyl (C=O) groups is 2. The molecule has 8 heteroatoms. The first-order valence-corrected chi connectivity index (χ1v) is 7.56. The lowest BCUT2D eigenvalue weighted by Gasteiger charge is -2.12. The first-order chi connectivity index (χ1) is 11.6. The zero-order valence-electron chi connectivity index (χ0n) is 12.9. The van der Waals surface area contributed by atoms with E-state index in [2.05, 4.69) is 21.2 Å². The monoisotopic (exact) mass is 344 g/mol. The van der Waals surface area contributed by atoms with Crippen LogP contribution in [0, 0.1) is 0 Å². The van der Waals surface area contributed by atoms with Crippen LogP contribution in [0.2, 0.25) is 0 Å². The zero-order chi connectivity index (χ0) is 17.4. The van der Waals surface area contributed by atoms with Crippen LogP contribution in [0.15, 0.2) is 48.8 Å². The summed E-state index contributed by atoms with van der Waals surface area (Å²) < 4.78 is 5.40. The second-order valence-corrected chi connectivity index (χ2v) is 4.94. The molecule has 2 rings (SSSR count). The quantitative estimate of drug-likeness (QED) is 0.574. The summed E-state index contributed by atoms with van der Waals surface area (Å²) in [5.74, 6) is -0.375. The number of hydrogen-bond donors (Lipinski definition) is 3. The van der Waals surface area contributed by atoms with Crippen LogP contribution < -0.4 is 20.9 Å². The summed E-state index contributed by atoms with van der Waals surface area (Å²) in [6.45, 7) is 2.27. The molecule has 2 aromatic rings. The third-order valence-corrected chi connectivity index (χ3v) is 3.09. The predicted octanol–water partition coefficient (Wildman–Crippen LogP) is 1.43. The highest BCUT2D eigenvalue weighted by molar-refractivity contribution is 7.80. The molecule has 0 aliphatic heterocycles. The van der Waals surface area contributed by atoms with Crippen LogP contribution >= 0.6 is 12.2 Å². The van der Waals surface area contributed by atoms with E-state index >= 15 is 0 Å². The topological polar surface area (TPSA) is 92.4 Å². The highest BCUT2D eigenvalue weighted by Gasteiger charge is 2.13. The normalized spacial score (nSPS) is 9.71. The number of hydrazine groups is 1. The van der Waals surface area contributed by atoms with Crippen LogP contribution in [0.25, 0.3) is 0 Å². The van der Waals surface area contributed by atoms with Crippen LogP contribution in [0.4, 0.5) is 0 Å². The summed E-state index contributed by atoms with van der Waals surface area (Å²) in [6.07, 6.45) is 3.00. The number of carbonyl (C=O) groups excluding carboxylic acids is 2. The molecule has 124 valence electrons. The Balaban J connectivity index is 1.90. The second-order valence-electron chi connectivity index (χ2n) is 4.53. The number of ether oxygens (including phenoxy) is 1. The maximum Gasteiger partial charge on any atom is 0.269 e. The van der Waals surface area contributed by atoms with Gasteiger partial charge in [-0.15, -0.1) is 0 Å². The van der Waals surface area contributed by atoms with E-state index in [0.717, 1.165) is 0 Å². The molecular weight excluding hydrogens is 328 g/mol. The van der Waals surface area contributed by atoms with Crippen molar-refractivity contribution >= 4 is 29.1 Å². The average molecular weight is 344 g/mol. The first kappa shape index (κ1) is 17.4. The molecule has 2 amide bonds. The molecule has 0 saturated heterocycles. The summed E-state index contributed by atoms with van der Waals surface area (Å²) in [5, 5.41) is 2.44. The van der Waals surface area contributed by atoms with Gasteiger partial charge in [-0.25, -0.2) is 0 Å². The van der Waals surface area contributed by atoms with Crippen molar-refractivity contribution in [2.45, 2.75) is 6.92 Å². The van der Waals surface area contributed by atoms with Gasteiger partial charge in [-0.1, -0.05) is 12.1 Å². The van der Waals surface area contributed by atoms with E-state index in [1.165, 1.54) is 12.4 Å². The van der Waals surface area contributed by atoms with E-state index in [9.17, 15) is 9.59 Å². The fourth-order valence-corrected chi connectivity index (χ4v) is 1.97. The Hall–Kier alpha value is -3.00. The summed E-state index contributed by atoms with van der Waals surface area (Å²) in [4.78, 5) is 27.9. The third-order valence-electron chi connectivity index (χ3n) is 2.89. The number of aromatic nitrogens is 1. The van der Waals surface area contributed by atoms with E-state index in [4.69, 9.17) is 17.0 Å². The number of benzene rings is 1. The minimum Gasteiger partial charge on any atom is -0.493 e. The van der Waals surface area contributed by atoms with Gasteiger partial charge in [0.05, 0.1) is 12.2 Å². The van der Waals surface area contributed by atoms with Crippen molar-refractivity contribution in [3.05, 3.63) is 59.9 Å². The van der Waals surface area contributed by atoms with Crippen LogP contribution in [0.3, 0.4) is 0 Å². The highest BCUT2D eigenvalue weighted by atomic mass is 32.1. The lowest BCUT2D eigenvalue weighted by atomic mass is 10.2. The molecule has 0 unspecified atom stereocenters. The number of thiocarbonyl (C=S) groups is 1. The molecule has 0 spiro atoms. The number of nitrogens with zero attached hydrogens (tertiary/aromatic N) is 1. The highest BCUT2D eigenvalue weighted by Crippen LogP contribution is 2.17. The Morgan fingerprint density at radius 2 is 1.79 bits per heavy atom. The second kappa shape index (κ2) is 8.59. The van der Waals surface area contributed by atoms with E-state index in [1.54, 1.807) is 36.4 Å². The molecule has 24 heavy (non-hydrogen) atoms. The Kier molecular flexibility index (Phi) is 6.21. The number of nitrogens with one attached hydrogen (secondary N) is 3. The van der Waals surface area contributed by atoms with E-state index in [-0.39, 0.29) is 5.11 Å². The van der Waals surface area contributed by atoms with Gasteiger partial charge in [-0.3, -0.25) is 30.7 Å². The van der Waals surface area contributed by atoms with Gasteiger partial charge < -0.3 is 4.74 Å².